The minimum Gasteiger partial charge on any atom is -0.193 e. The van der Waals surface area contributed by atoms with Crippen molar-refractivity contribution in [1.29, 1.82) is 5.26 Å². The van der Waals surface area contributed by atoms with Crippen molar-refractivity contribution in [3.05, 3.63) is 12.2 Å². The minimum atomic E-state index is 0.687. The van der Waals surface area contributed by atoms with Gasteiger partial charge in [-0.25, -0.2) is 0 Å². The average molecular weight is 273 g/mol. The summed E-state index contributed by atoms with van der Waals surface area (Å²) in [5, 5.41) is 8.60. The molecule has 2 aliphatic carbocycles. The molecule has 0 N–H and O–H groups in total. The molecule has 0 spiro atoms. The monoisotopic (exact) mass is 273 g/mol. The Hall–Kier alpha value is -0.770. The second kappa shape index (κ2) is 8.50. The summed E-state index contributed by atoms with van der Waals surface area (Å²) in [6, 6.07) is 2.13. The van der Waals surface area contributed by atoms with Gasteiger partial charge in [0.15, 0.2) is 0 Å². The van der Waals surface area contributed by atoms with E-state index in [0.29, 0.717) is 5.92 Å². The highest BCUT2D eigenvalue weighted by Crippen LogP contribution is 2.42. The van der Waals surface area contributed by atoms with Gasteiger partial charge in [-0.15, -0.1) is 0 Å². The van der Waals surface area contributed by atoms with E-state index in [2.05, 4.69) is 19.1 Å². The number of hydrogen-bond acceptors (Lipinski definition) is 1. The molecule has 2 rings (SSSR count). The summed E-state index contributed by atoms with van der Waals surface area (Å²) in [5.74, 6) is 3.75. The Labute approximate surface area is 125 Å². The van der Waals surface area contributed by atoms with Gasteiger partial charge in [0.05, 0.1) is 6.07 Å². The Bertz CT molecular complexity index is 322. The molecule has 0 aliphatic heterocycles. The molecule has 0 saturated heterocycles. The molecule has 1 heteroatoms. The first-order chi connectivity index (χ1) is 9.83. The highest BCUT2D eigenvalue weighted by atomic mass is 14.4. The van der Waals surface area contributed by atoms with Crippen LogP contribution in [0.25, 0.3) is 0 Å². The number of nitriles is 1. The topological polar surface area (TPSA) is 23.8 Å². The van der Waals surface area contributed by atoms with E-state index in [9.17, 15) is 0 Å². The zero-order valence-electron chi connectivity index (χ0n) is 13.2. The van der Waals surface area contributed by atoms with Gasteiger partial charge >= 0.3 is 0 Å². The average Bonchev–Trinajstić information content (AvgIpc) is 2.52. The number of allylic oxidation sites excluding steroid dienone is 2. The van der Waals surface area contributed by atoms with E-state index in [1.165, 1.54) is 70.6 Å². The van der Waals surface area contributed by atoms with Gasteiger partial charge in [0, 0.05) is 6.08 Å². The third-order valence-electron chi connectivity index (χ3n) is 5.78. The second-order valence-corrected chi connectivity index (χ2v) is 7.09. The standard InChI is InChI=1S/C19H31N/c1-2-3-5-16-7-11-18(12-8-16)19-13-9-17(10-14-19)6-4-15-20/h4,6,16-19H,2-3,5,7-14H2,1H3/b6-4+/t16-,17?,18-,19?. The van der Waals surface area contributed by atoms with Gasteiger partial charge in [0.1, 0.15) is 0 Å². The summed E-state index contributed by atoms with van der Waals surface area (Å²) >= 11 is 0. The van der Waals surface area contributed by atoms with Crippen molar-refractivity contribution in [2.45, 2.75) is 77.6 Å². The Morgan fingerprint density at radius 2 is 1.55 bits per heavy atom. The SMILES string of the molecule is CCCC[C@H]1CC[C@H](C2CCC(/C=C/C#N)CC2)CC1. The minimum absolute atomic E-state index is 0.687. The van der Waals surface area contributed by atoms with Crippen LogP contribution in [0, 0.1) is 35.0 Å². The molecule has 0 heterocycles. The molecular formula is C19H31N. The Morgan fingerprint density at radius 3 is 2.10 bits per heavy atom. The van der Waals surface area contributed by atoms with Crippen molar-refractivity contribution in [1.82, 2.24) is 0 Å². The van der Waals surface area contributed by atoms with E-state index in [0.717, 1.165) is 17.8 Å². The lowest BCUT2D eigenvalue weighted by atomic mass is 9.68. The van der Waals surface area contributed by atoms with E-state index in [1.807, 2.05) is 0 Å². The number of rotatable bonds is 5. The zero-order chi connectivity index (χ0) is 14.2. The fourth-order valence-corrected chi connectivity index (χ4v) is 4.43. The zero-order valence-corrected chi connectivity index (χ0v) is 13.2. The second-order valence-electron chi connectivity index (χ2n) is 7.09. The van der Waals surface area contributed by atoms with Crippen molar-refractivity contribution in [2.75, 3.05) is 0 Å². The summed E-state index contributed by atoms with van der Waals surface area (Å²) in [5.41, 5.74) is 0. The molecule has 20 heavy (non-hydrogen) atoms. The first kappa shape index (κ1) is 15.6. The molecule has 0 amide bonds. The lowest BCUT2D eigenvalue weighted by Gasteiger charge is -2.37. The van der Waals surface area contributed by atoms with Crippen molar-refractivity contribution >= 4 is 0 Å². The van der Waals surface area contributed by atoms with Gasteiger partial charge in [0.25, 0.3) is 0 Å². The molecule has 0 bridgehead atoms. The maximum absolute atomic E-state index is 8.60. The van der Waals surface area contributed by atoms with Gasteiger partial charge in [0.2, 0.25) is 0 Å². The summed E-state index contributed by atoms with van der Waals surface area (Å²) in [6.07, 6.45) is 19.5. The van der Waals surface area contributed by atoms with E-state index in [-0.39, 0.29) is 0 Å². The molecule has 1 nitrogen and oxygen atoms in total. The predicted octanol–water partition coefficient (Wildman–Crippen LogP) is 5.87. The molecule has 0 aromatic heterocycles. The smallest absolute Gasteiger partial charge is 0.0908 e. The molecule has 2 fully saturated rings. The van der Waals surface area contributed by atoms with Crippen molar-refractivity contribution in [2.24, 2.45) is 23.7 Å². The predicted molar refractivity (Wildman–Crippen MR) is 85.2 cm³/mol. The number of nitrogens with zero attached hydrogens (tertiary/aromatic N) is 1. The van der Waals surface area contributed by atoms with Crippen LogP contribution in [-0.2, 0) is 0 Å². The van der Waals surface area contributed by atoms with E-state index < -0.39 is 0 Å². The highest BCUT2D eigenvalue weighted by molar-refractivity contribution is 5.04. The van der Waals surface area contributed by atoms with Crippen LogP contribution < -0.4 is 0 Å². The number of hydrogen-bond donors (Lipinski definition) is 0. The van der Waals surface area contributed by atoms with Gasteiger partial charge in [-0.2, -0.15) is 5.26 Å². The first-order valence-electron chi connectivity index (χ1n) is 8.89. The van der Waals surface area contributed by atoms with Crippen molar-refractivity contribution in [3.63, 3.8) is 0 Å². The van der Waals surface area contributed by atoms with Crippen LogP contribution in [0.3, 0.4) is 0 Å². The lowest BCUT2D eigenvalue weighted by molar-refractivity contribution is 0.152. The summed E-state index contributed by atoms with van der Waals surface area (Å²) in [7, 11) is 0. The maximum atomic E-state index is 8.60. The van der Waals surface area contributed by atoms with Crippen molar-refractivity contribution < 1.29 is 0 Å². The fourth-order valence-electron chi connectivity index (χ4n) is 4.43. The Balaban J connectivity index is 1.68. The normalized spacial score (nSPS) is 35.0. The molecule has 0 aromatic carbocycles. The molecule has 0 radical (unpaired) electrons. The van der Waals surface area contributed by atoms with Crippen LogP contribution in [0.2, 0.25) is 0 Å². The highest BCUT2D eigenvalue weighted by Gasteiger charge is 2.29. The quantitative estimate of drug-likeness (QED) is 0.575. The van der Waals surface area contributed by atoms with Crippen LogP contribution >= 0.6 is 0 Å². The molecule has 2 saturated carbocycles. The first-order valence-corrected chi connectivity index (χ1v) is 8.89. The van der Waals surface area contributed by atoms with Crippen LogP contribution in [0.15, 0.2) is 12.2 Å². The summed E-state index contributed by atoms with van der Waals surface area (Å²) in [4.78, 5) is 0. The molecule has 0 unspecified atom stereocenters. The molecule has 112 valence electrons. The van der Waals surface area contributed by atoms with E-state index >= 15 is 0 Å². The third kappa shape index (κ3) is 4.65. The fraction of sp³-hybridized carbons (Fsp3) is 0.842. The van der Waals surface area contributed by atoms with Gasteiger partial charge < -0.3 is 0 Å². The van der Waals surface area contributed by atoms with E-state index in [4.69, 9.17) is 5.26 Å². The largest absolute Gasteiger partial charge is 0.193 e. The van der Waals surface area contributed by atoms with Gasteiger partial charge in [-0.3, -0.25) is 0 Å². The number of unbranched alkanes of at least 4 members (excludes halogenated alkanes) is 1. The molecule has 2 aliphatic rings. The molecular weight excluding hydrogens is 242 g/mol. The maximum Gasteiger partial charge on any atom is 0.0908 e. The third-order valence-corrected chi connectivity index (χ3v) is 5.78. The molecule has 0 atom stereocenters. The van der Waals surface area contributed by atoms with Gasteiger partial charge in [-0.05, 0) is 62.2 Å². The summed E-state index contributed by atoms with van der Waals surface area (Å²) < 4.78 is 0. The Kier molecular flexibility index (Phi) is 6.64. The molecule has 0 aromatic rings. The lowest BCUT2D eigenvalue weighted by Crippen LogP contribution is -2.25. The Morgan fingerprint density at radius 1 is 0.950 bits per heavy atom. The van der Waals surface area contributed by atoms with Crippen LogP contribution in [0.4, 0.5) is 0 Å². The van der Waals surface area contributed by atoms with Gasteiger partial charge in [-0.1, -0.05) is 45.1 Å². The summed E-state index contributed by atoms with van der Waals surface area (Å²) in [6.45, 7) is 2.31. The van der Waals surface area contributed by atoms with Crippen LogP contribution in [-0.4, -0.2) is 0 Å². The van der Waals surface area contributed by atoms with E-state index in [1.54, 1.807) is 6.08 Å². The van der Waals surface area contributed by atoms with Crippen molar-refractivity contribution in [3.8, 4) is 6.07 Å². The van der Waals surface area contributed by atoms with Crippen LogP contribution in [0.1, 0.15) is 77.6 Å². The van der Waals surface area contributed by atoms with Crippen LogP contribution in [0.5, 0.6) is 0 Å².